The molecule has 1 aromatic heterocycles. The van der Waals surface area contributed by atoms with E-state index >= 15 is 0 Å². The summed E-state index contributed by atoms with van der Waals surface area (Å²) in [5.41, 5.74) is 1.07. The van der Waals surface area contributed by atoms with E-state index in [1.165, 1.54) is 6.42 Å². The number of hydrogen-bond acceptors (Lipinski definition) is 3. The third-order valence-electron chi connectivity index (χ3n) is 3.89. The number of rotatable bonds is 4. The molecule has 1 aliphatic rings. The summed E-state index contributed by atoms with van der Waals surface area (Å²) in [4.78, 5) is 4.72. The second kappa shape index (κ2) is 5.13. The van der Waals surface area contributed by atoms with Crippen molar-refractivity contribution in [2.45, 2.75) is 38.1 Å². The quantitative estimate of drug-likeness (QED) is 0.884. The molecule has 1 fully saturated rings. The van der Waals surface area contributed by atoms with Gasteiger partial charge in [0.05, 0.1) is 5.54 Å². The Labute approximate surface area is 113 Å². The molecule has 4 heteroatoms. The molecule has 0 bridgehead atoms. The van der Waals surface area contributed by atoms with Crippen LogP contribution in [0.15, 0.2) is 30.3 Å². The van der Waals surface area contributed by atoms with Gasteiger partial charge in [0.2, 0.25) is 0 Å². The van der Waals surface area contributed by atoms with Crippen molar-refractivity contribution in [1.29, 1.82) is 0 Å². The number of benzene rings is 1. The predicted octanol–water partition coefficient (Wildman–Crippen LogP) is 2.85. The van der Waals surface area contributed by atoms with Crippen molar-refractivity contribution in [1.82, 2.24) is 20.5 Å². The van der Waals surface area contributed by atoms with Crippen molar-refractivity contribution in [3.8, 4) is 11.4 Å². The van der Waals surface area contributed by atoms with Gasteiger partial charge in [-0.15, -0.1) is 0 Å². The Balaban J connectivity index is 1.92. The average Bonchev–Trinajstić information content (AvgIpc) is 3.09. The van der Waals surface area contributed by atoms with Gasteiger partial charge in [-0.3, -0.25) is 5.10 Å². The third kappa shape index (κ3) is 2.28. The molecule has 0 radical (unpaired) electrons. The van der Waals surface area contributed by atoms with Crippen molar-refractivity contribution in [2.75, 3.05) is 6.54 Å². The average molecular weight is 256 g/mol. The summed E-state index contributed by atoms with van der Waals surface area (Å²) in [6.07, 6.45) is 4.61. The lowest BCUT2D eigenvalue weighted by Gasteiger charge is -2.26. The molecule has 0 saturated carbocycles. The molecule has 0 aliphatic carbocycles. The van der Waals surface area contributed by atoms with Gasteiger partial charge < -0.3 is 5.32 Å². The Bertz CT molecular complexity index is 526. The molecule has 1 aliphatic heterocycles. The van der Waals surface area contributed by atoms with Gasteiger partial charge in [0.1, 0.15) is 5.82 Å². The minimum absolute atomic E-state index is 0.00871. The molecule has 1 aromatic carbocycles. The fraction of sp³-hybridized carbons (Fsp3) is 0.467. The van der Waals surface area contributed by atoms with Crippen LogP contribution in [0.1, 0.15) is 38.4 Å². The maximum atomic E-state index is 4.72. The van der Waals surface area contributed by atoms with Crippen LogP contribution in [0, 0.1) is 0 Å². The zero-order valence-corrected chi connectivity index (χ0v) is 11.3. The number of aromatic amines is 1. The number of hydrogen-bond donors (Lipinski definition) is 2. The zero-order chi connectivity index (χ0) is 13.1. The smallest absolute Gasteiger partial charge is 0.181 e. The molecule has 4 nitrogen and oxygen atoms in total. The standard InChI is InChI=1S/C15H20N4/c1-2-9-15(10-6-11-16-15)14-17-13(18-19-14)12-7-4-3-5-8-12/h3-5,7-8,16H,2,6,9-11H2,1H3,(H,17,18,19). The second-order valence-electron chi connectivity index (χ2n) is 5.24. The topological polar surface area (TPSA) is 53.6 Å². The van der Waals surface area contributed by atoms with E-state index in [9.17, 15) is 0 Å². The van der Waals surface area contributed by atoms with Gasteiger partial charge in [0.15, 0.2) is 5.82 Å². The van der Waals surface area contributed by atoms with E-state index in [1.807, 2.05) is 30.3 Å². The minimum atomic E-state index is 0.00871. The van der Waals surface area contributed by atoms with E-state index in [-0.39, 0.29) is 5.54 Å². The molecule has 2 heterocycles. The Morgan fingerprint density at radius 1 is 1.26 bits per heavy atom. The van der Waals surface area contributed by atoms with Crippen molar-refractivity contribution in [2.24, 2.45) is 0 Å². The van der Waals surface area contributed by atoms with Gasteiger partial charge in [-0.1, -0.05) is 43.7 Å². The van der Waals surface area contributed by atoms with Crippen LogP contribution < -0.4 is 5.32 Å². The highest BCUT2D eigenvalue weighted by Gasteiger charge is 2.37. The van der Waals surface area contributed by atoms with Crippen molar-refractivity contribution >= 4 is 0 Å². The van der Waals surface area contributed by atoms with Gasteiger partial charge in [0, 0.05) is 5.56 Å². The molecule has 0 amide bonds. The lowest BCUT2D eigenvalue weighted by Crippen LogP contribution is -2.37. The normalized spacial score (nSPS) is 22.8. The van der Waals surface area contributed by atoms with E-state index in [0.717, 1.165) is 43.0 Å². The Hall–Kier alpha value is -1.68. The molecule has 1 saturated heterocycles. The predicted molar refractivity (Wildman–Crippen MR) is 75.6 cm³/mol. The minimum Gasteiger partial charge on any atom is -0.305 e. The monoisotopic (exact) mass is 256 g/mol. The van der Waals surface area contributed by atoms with Crippen LogP contribution in [0.4, 0.5) is 0 Å². The SMILES string of the molecule is CCCC1(c2nc(-c3ccccc3)n[nH]2)CCCN1. The fourth-order valence-corrected chi connectivity index (χ4v) is 2.96. The first-order valence-corrected chi connectivity index (χ1v) is 7.07. The van der Waals surface area contributed by atoms with Crippen LogP contribution >= 0.6 is 0 Å². The second-order valence-corrected chi connectivity index (χ2v) is 5.24. The first kappa shape index (κ1) is 12.4. The van der Waals surface area contributed by atoms with E-state index in [1.54, 1.807) is 0 Å². The van der Waals surface area contributed by atoms with Crippen molar-refractivity contribution < 1.29 is 0 Å². The number of H-pyrrole nitrogens is 1. The van der Waals surface area contributed by atoms with Crippen LogP contribution in [-0.2, 0) is 5.54 Å². The molecule has 1 atom stereocenters. The molecule has 0 spiro atoms. The molecule has 100 valence electrons. The third-order valence-corrected chi connectivity index (χ3v) is 3.89. The maximum absolute atomic E-state index is 4.72. The lowest BCUT2D eigenvalue weighted by molar-refractivity contribution is 0.335. The molecular weight excluding hydrogens is 236 g/mol. The number of nitrogens with one attached hydrogen (secondary N) is 2. The highest BCUT2D eigenvalue weighted by Crippen LogP contribution is 2.33. The van der Waals surface area contributed by atoms with Crippen LogP contribution in [0.25, 0.3) is 11.4 Å². The van der Waals surface area contributed by atoms with Crippen molar-refractivity contribution in [3.05, 3.63) is 36.2 Å². The molecule has 1 unspecified atom stereocenters. The van der Waals surface area contributed by atoms with E-state index in [2.05, 4.69) is 22.4 Å². The molecular formula is C15H20N4. The maximum Gasteiger partial charge on any atom is 0.181 e. The highest BCUT2D eigenvalue weighted by atomic mass is 15.2. The lowest BCUT2D eigenvalue weighted by atomic mass is 9.91. The Morgan fingerprint density at radius 3 is 2.79 bits per heavy atom. The van der Waals surface area contributed by atoms with Crippen LogP contribution in [0.2, 0.25) is 0 Å². The fourth-order valence-electron chi connectivity index (χ4n) is 2.96. The molecule has 3 rings (SSSR count). The van der Waals surface area contributed by atoms with Gasteiger partial charge in [0.25, 0.3) is 0 Å². The van der Waals surface area contributed by atoms with E-state index in [0.29, 0.717) is 0 Å². The largest absolute Gasteiger partial charge is 0.305 e. The zero-order valence-electron chi connectivity index (χ0n) is 11.3. The molecule has 2 N–H and O–H groups in total. The van der Waals surface area contributed by atoms with Crippen LogP contribution in [0.5, 0.6) is 0 Å². The number of nitrogens with zero attached hydrogens (tertiary/aromatic N) is 2. The summed E-state index contributed by atoms with van der Waals surface area (Å²) < 4.78 is 0. The summed E-state index contributed by atoms with van der Waals surface area (Å²) in [5, 5.41) is 11.1. The van der Waals surface area contributed by atoms with Gasteiger partial charge in [-0.05, 0) is 25.8 Å². The highest BCUT2D eigenvalue weighted by molar-refractivity contribution is 5.54. The van der Waals surface area contributed by atoms with Gasteiger partial charge in [-0.2, -0.15) is 5.10 Å². The molecule has 2 aromatic rings. The summed E-state index contributed by atoms with van der Waals surface area (Å²) >= 11 is 0. The first-order chi connectivity index (χ1) is 9.34. The summed E-state index contributed by atoms with van der Waals surface area (Å²) in [6, 6.07) is 10.1. The van der Waals surface area contributed by atoms with Crippen LogP contribution in [0.3, 0.4) is 0 Å². The van der Waals surface area contributed by atoms with Gasteiger partial charge in [-0.25, -0.2) is 4.98 Å². The Morgan fingerprint density at radius 2 is 2.11 bits per heavy atom. The van der Waals surface area contributed by atoms with Gasteiger partial charge >= 0.3 is 0 Å². The summed E-state index contributed by atoms with van der Waals surface area (Å²) in [5.74, 6) is 1.78. The molecule has 19 heavy (non-hydrogen) atoms. The summed E-state index contributed by atoms with van der Waals surface area (Å²) in [7, 11) is 0. The van der Waals surface area contributed by atoms with Crippen molar-refractivity contribution in [3.63, 3.8) is 0 Å². The van der Waals surface area contributed by atoms with E-state index < -0.39 is 0 Å². The van der Waals surface area contributed by atoms with E-state index in [4.69, 9.17) is 4.98 Å². The first-order valence-electron chi connectivity index (χ1n) is 7.07. The number of aromatic nitrogens is 3. The Kier molecular flexibility index (Phi) is 3.34. The summed E-state index contributed by atoms with van der Waals surface area (Å²) in [6.45, 7) is 3.29. The van der Waals surface area contributed by atoms with Crippen LogP contribution in [-0.4, -0.2) is 21.7 Å².